The van der Waals surface area contributed by atoms with Crippen LogP contribution >= 0.6 is 0 Å². The maximum atomic E-state index is 12.8. The van der Waals surface area contributed by atoms with E-state index < -0.39 is 0 Å². The molecular formula is C27H56N4O3. The highest BCUT2D eigenvalue weighted by Gasteiger charge is 2.15. The van der Waals surface area contributed by atoms with Crippen LogP contribution in [0.2, 0.25) is 0 Å². The first kappa shape index (κ1) is 32.8. The van der Waals surface area contributed by atoms with Crippen molar-refractivity contribution in [3.63, 3.8) is 0 Å². The second-order valence-electron chi connectivity index (χ2n) is 9.56. The van der Waals surface area contributed by atoms with Gasteiger partial charge in [-0.1, -0.05) is 104 Å². The van der Waals surface area contributed by atoms with E-state index in [-0.39, 0.29) is 44.2 Å². The monoisotopic (exact) mass is 484 g/mol. The molecule has 0 saturated heterocycles. The van der Waals surface area contributed by atoms with E-state index in [4.69, 9.17) is 16.2 Å². The number of carbonyl (C=O) groups is 2. The Morgan fingerprint density at radius 3 is 1.50 bits per heavy atom. The SMILES string of the molecule is CCCCCCCCCCN(CCCCCCCCCC)C(=O)COCC(=O)NC(CN)CN. The Balaban J connectivity index is 4.28. The molecule has 0 rings (SSSR count). The zero-order valence-electron chi connectivity index (χ0n) is 22.5. The van der Waals surface area contributed by atoms with Crippen LogP contribution in [0.25, 0.3) is 0 Å². The summed E-state index contributed by atoms with van der Waals surface area (Å²) in [5.74, 6) is -0.306. The number of carbonyl (C=O) groups excluding carboxylic acids is 2. The third kappa shape index (κ3) is 20.2. The molecule has 0 aliphatic heterocycles. The first-order valence-corrected chi connectivity index (χ1v) is 14.1. The molecule has 0 aliphatic carbocycles. The van der Waals surface area contributed by atoms with Crippen molar-refractivity contribution in [1.29, 1.82) is 0 Å². The van der Waals surface area contributed by atoms with Crippen LogP contribution in [-0.4, -0.2) is 62.1 Å². The Hall–Kier alpha value is -1.18. The minimum Gasteiger partial charge on any atom is -0.362 e. The number of ether oxygens (including phenoxy) is 1. The number of rotatable bonds is 25. The Bertz CT molecular complexity index is 453. The van der Waals surface area contributed by atoms with Gasteiger partial charge < -0.3 is 26.4 Å². The van der Waals surface area contributed by atoms with Gasteiger partial charge in [-0.2, -0.15) is 0 Å². The molecule has 0 aliphatic rings. The van der Waals surface area contributed by atoms with Gasteiger partial charge in [0.1, 0.15) is 13.2 Å². The van der Waals surface area contributed by atoms with E-state index >= 15 is 0 Å². The normalized spacial score (nSPS) is 11.2. The van der Waals surface area contributed by atoms with E-state index in [2.05, 4.69) is 19.2 Å². The average molecular weight is 485 g/mol. The quantitative estimate of drug-likeness (QED) is 0.165. The molecule has 0 spiro atoms. The highest BCUT2D eigenvalue weighted by atomic mass is 16.5. The molecule has 0 aromatic carbocycles. The van der Waals surface area contributed by atoms with Gasteiger partial charge in [0.2, 0.25) is 11.8 Å². The molecule has 7 nitrogen and oxygen atoms in total. The standard InChI is InChI=1S/C27H56N4O3/c1-3-5-7-9-11-13-15-17-19-31(20-18-16-14-12-10-8-6-4-2)27(33)24-34-23-26(32)30-25(21-28)22-29/h25H,3-24,28-29H2,1-2H3,(H,30,32). The number of nitrogens with two attached hydrogens (primary N) is 2. The lowest BCUT2D eigenvalue weighted by atomic mass is 10.1. The Kier molecular flexibility index (Phi) is 24.1. The van der Waals surface area contributed by atoms with E-state index in [0.717, 1.165) is 38.8 Å². The fourth-order valence-corrected chi connectivity index (χ4v) is 4.04. The highest BCUT2D eigenvalue weighted by molar-refractivity contribution is 5.79. The first-order chi connectivity index (χ1) is 16.6. The fraction of sp³-hybridized carbons (Fsp3) is 0.926. The van der Waals surface area contributed by atoms with Gasteiger partial charge in [0, 0.05) is 26.2 Å². The summed E-state index contributed by atoms with van der Waals surface area (Å²) < 4.78 is 5.41. The molecule has 0 aromatic rings. The second-order valence-corrected chi connectivity index (χ2v) is 9.56. The Morgan fingerprint density at radius 2 is 1.09 bits per heavy atom. The molecule has 0 heterocycles. The van der Waals surface area contributed by atoms with E-state index in [0.29, 0.717) is 0 Å². The summed E-state index contributed by atoms with van der Waals surface area (Å²) in [6.07, 6.45) is 20.0. The largest absolute Gasteiger partial charge is 0.362 e. The third-order valence-electron chi connectivity index (χ3n) is 6.31. The van der Waals surface area contributed by atoms with Crippen LogP contribution in [0.3, 0.4) is 0 Å². The van der Waals surface area contributed by atoms with Crippen LogP contribution in [0.1, 0.15) is 117 Å². The van der Waals surface area contributed by atoms with Crippen LogP contribution in [0, 0.1) is 0 Å². The molecule has 0 saturated carbocycles. The zero-order chi connectivity index (χ0) is 25.3. The van der Waals surface area contributed by atoms with Gasteiger partial charge in [-0.05, 0) is 12.8 Å². The highest BCUT2D eigenvalue weighted by Crippen LogP contribution is 2.11. The maximum Gasteiger partial charge on any atom is 0.248 e. The van der Waals surface area contributed by atoms with Gasteiger partial charge in [-0.15, -0.1) is 0 Å². The molecule has 0 atom stereocenters. The summed E-state index contributed by atoms with van der Waals surface area (Å²) in [6, 6.07) is -0.257. The molecule has 0 unspecified atom stereocenters. The summed E-state index contributed by atoms with van der Waals surface area (Å²) in [5.41, 5.74) is 11.1. The zero-order valence-corrected chi connectivity index (χ0v) is 22.5. The molecule has 202 valence electrons. The molecule has 5 N–H and O–H groups in total. The first-order valence-electron chi connectivity index (χ1n) is 14.1. The van der Waals surface area contributed by atoms with Crippen molar-refractivity contribution in [2.45, 2.75) is 123 Å². The van der Waals surface area contributed by atoms with E-state index in [1.165, 1.54) is 77.0 Å². The summed E-state index contributed by atoms with van der Waals surface area (Å²) >= 11 is 0. The number of unbranched alkanes of at least 4 members (excludes halogenated alkanes) is 14. The van der Waals surface area contributed by atoms with Crippen molar-refractivity contribution in [1.82, 2.24) is 10.2 Å². The minimum atomic E-state index is -0.286. The summed E-state index contributed by atoms with van der Waals surface area (Å²) in [7, 11) is 0. The van der Waals surface area contributed by atoms with Crippen molar-refractivity contribution < 1.29 is 14.3 Å². The van der Waals surface area contributed by atoms with Gasteiger partial charge in [-0.3, -0.25) is 9.59 Å². The number of hydrogen-bond acceptors (Lipinski definition) is 5. The number of hydrogen-bond donors (Lipinski definition) is 3. The molecule has 7 heteroatoms. The van der Waals surface area contributed by atoms with Crippen molar-refractivity contribution in [2.75, 3.05) is 39.4 Å². The van der Waals surface area contributed by atoms with Crippen LogP contribution in [-0.2, 0) is 14.3 Å². The van der Waals surface area contributed by atoms with Crippen molar-refractivity contribution >= 4 is 11.8 Å². The number of nitrogens with zero attached hydrogens (tertiary/aromatic N) is 1. The predicted octanol–water partition coefficient (Wildman–Crippen LogP) is 4.52. The molecule has 0 aromatic heterocycles. The smallest absolute Gasteiger partial charge is 0.248 e. The maximum absolute atomic E-state index is 12.8. The summed E-state index contributed by atoms with van der Waals surface area (Å²) in [5, 5.41) is 2.71. The lowest BCUT2D eigenvalue weighted by Gasteiger charge is -2.23. The van der Waals surface area contributed by atoms with Gasteiger partial charge in [0.25, 0.3) is 0 Å². The van der Waals surface area contributed by atoms with Gasteiger partial charge >= 0.3 is 0 Å². The summed E-state index contributed by atoms with van der Waals surface area (Å²) in [4.78, 5) is 26.6. The van der Waals surface area contributed by atoms with Crippen LogP contribution in [0.4, 0.5) is 0 Å². The average Bonchev–Trinajstić information content (AvgIpc) is 2.84. The molecule has 0 radical (unpaired) electrons. The molecule has 34 heavy (non-hydrogen) atoms. The second kappa shape index (κ2) is 24.9. The lowest BCUT2D eigenvalue weighted by molar-refractivity contribution is -0.138. The molecule has 2 amide bonds. The fourth-order valence-electron chi connectivity index (χ4n) is 4.04. The lowest BCUT2D eigenvalue weighted by Crippen LogP contribution is -2.46. The van der Waals surface area contributed by atoms with Crippen molar-refractivity contribution in [2.24, 2.45) is 11.5 Å². The third-order valence-corrected chi connectivity index (χ3v) is 6.31. The molecular weight excluding hydrogens is 428 g/mol. The van der Waals surface area contributed by atoms with E-state index in [9.17, 15) is 9.59 Å². The molecule has 0 fully saturated rings. The van der Waals surface area contributed by atoms with Crippen LogP contribution < -0.4 is 16.8 Å². The van der Waals surface area contributed by atoms with Crippen molar-refractivity contribution in [3.8, 4) is 0 Å². The van der Waals surface area contributed by atoms with Gasteiger partial charge in [0.15, 0.2) is 0 Å². The van der Waals surface area contributed by atoms with Gasteiger partial charge in [-0.25, -0.2) is 0 Å². The van der Waals surface area contributed by atoms with E-state index in [1.807, 2.05) is 4.90 Å². The molecule has 0 bridgehead atoms. The number of nitrogens with one attached hydrogen (secondary N) is 1. The Morgan fingerprint density at radius 1 is 0.676 bits per heavy atom. The summed E-state index contributed by atoms with van der Waals surface area (Å²) in [6.45, 7) is 6.41. The minimum absolute atomic E-state index is 0.0205. The Labute approximate surface area is 210 Å². The predicted molar refractivity (Wildman–Crippen MR) is 143 cm³/mol. The number of amides is 2. The topological polar surface area (TPSA) is 111 Å². The van der Waals surface area contributed by atoms with Gasteiger partial charge in [0.05, 0.1) is 6.04 Å². The van der Waals surface area contributed by atoms with Crippen LogP contribution in [0.5, 0.6) is 0 Å². The van der Waals surface area contributed by atoms with Crippen molar-refractivity contribution in [3.05, 3.63) is 0 Å². The van der Waals surface area contributed by atoms with Crippen LogP contribution in [0.15, 0.2) is 0 Å². The van der Waals surface area contributed by atoms with E-state index in [1.54, 1.807) is 0 Å².